The van der Waals surface area contributed by atoms with E-state index in [1.807, 2.05) is 41.5 Å². The minimum Gasteiger partial charge on any atom is -0.344 e. The molecule has 1 aromatic heterocycles. The van der Waals surface area contributed by atoms with Gasteiger partial charge in [0.15, 0.2) is 0 Å². The average Bonchev–Trinajstić information content (AvgIpc) is 3.20. The summed E-state index contributed by atoms with van der Waals surface area (Å²) in [6.45, 7) is 3.33. The highest BCUT2D eigenvalue weighted by molar-refractivity contribution is 7.07. The van der Waals surface area contributed by atoms with Gasteiger partial charge >= 0.3 is 0 Å². The van der Waals surface area contributed by atoms with Gasteiger partial charge < -0.3 is 10.2 Å². The molecule has 2 heterocycles. The molecule has 2 aromatic rings. The number of thiazole rings is 1. The molecule has 5 nitrogen and oxygen atoms in total. The predicted molar refractivity (Wildman–Crippen MR) is 93.6 cm³/mol. The largest absolute Gasteiger partial charge is 0.344 e. The Morgan fingerprint density at radius 3 is 2.88 bits per heavy atom. The molecule has 1 aromatic carbocycles. The first-order valence-electron chi connectivity index (χ1n) is 8.12. The molecule has 1 aliphatic heterocycles. The number of aromatic nitrogens is 1. The Hall–Kier alpha value is -2.21. The van der Waals surface area contributed by atoms with Crippen LogP contribution >= 0.6 is 11.3 Å². The van der Waals surface area contributed by atoms with E-state index in [2.05, 4.69) is 10.3 Å². The maximum atomic E-state index is 12.4. The van der Waals surface area contributed by atoms with Crippen molar-refractivity contribution in [1.82, 2.24) is 15.2 Å². The number of amides is 2. The van der Waals surface area contributed by atoms with Crippen LogP contribution < -0.4 is 5.32 Å². The van der Waals surface area contributed by atoms with Gasteiger partial charge in [-0.05, 0) is 25.3 Å². The number of aryl methyl sites for hydroxylation is 2. The molecule has 6 heteroatoms. The summed E-state index contributed by atoms with van der Waals surface area (Å²) in [7, 11) is 0. The summed E-state index contributed by atoms with van der Waals surface area (Å²) in [5.41, 5.74) is 5.01. The fourth-order valence-electron chi connectivity index (χ4n) is 2.81. The van der Waals surface area contributed by atoms with E-state index >= 15 is 0 Å². The minimum atomic E-state index is -0.390. The maximum absolute atomic E-state index is 12.4. The highest BCUT2D eigenvalue weighted by Gasteiger charge is 2.32. The third kappa shape index (κ3) is 4.20. The summed E-state index contributed by atoms with van der Waals surface area (Å²) in [5.74, 6) is -0.0730. The van der Waals surface area contributed by atoms with Gasteiger partial charge in [0.2, 0.25) is 11.8 Å². The quantitative estimate of drug-likeness (QED) is 0.875. The summed E-state index contributed by atoms with van der Waals surface area (Å²) < 4.78 is 0. The lowest BCUT2D eigenvalue weighted by Gasteiger charge is -2.17. The van der Waals surface area contributed by atoms with E-state index < -0.39 is 6.04 Å². The third-order valence-corrected chi connectivity index (χ3v) is 4.85. The van der Waals surface area contributed by atoms with Crippen LogP contribution in [0, 0.1) is 6.92 Å². The fraction of sp³-hybridized carbons (Fsp3) is 0.389. The van der Waals surface area contributed by atoms with Crippen LogP contribution in [0.2, 0.25) is 0 Å². The average molecular weight is 343 g/mol. The zero-order valence-corrected chi connectivity index (χ0v) is 14.5. The number of hydrogen-bond donors (Lipinski definition) is 1. The van der Waals surface area contributed by atoms with Crippen LogP contribution in [0.4, 0.5) is 0 Å². The minimum absolute atomic E-state index is 0.0117. The molecular weight excluding hydrogens is 322 g/mol. The van der Waals surface area contributed by atoms with Crippen molar-refractivity contribution in [3.63, 3.8) is 0 Å². The molecule has 126 valence electrons. The van der Waals surface area contributed by atoms with Gasteiger partial charge in [-0.2, -0.15) is 0 Å². The molecule has 24 heavy (non-hydrogen) atoms. The molecule has 2 amide bonds. The van der Waals surface area contributed by atoms with E-state index in [9.17, 15) is 9.59 Å². The van der Waals surface area contributed by atoms with Crippen molar-refractivity contribution in [2.24, 2.45) is 0 Å². The normalized spacial score (nSPS) is 17.3. The van der Waals surface area contributed by atoms with Crippen LogP contribution in [-0.4, -0.2) is 34.3 Å². The lowest BCUT2D eigenvalue weighted by atomic mass is 10.1. The summed E-state index contributed by atoms with van der Waals surface area (Å²) >= 11 is 1.52. The second kappa shape index (κ2) is 7.57. The summed E-state index contributed by atoms with van der Waals surface area (Å²) in [6.07, 6.45) is 1.65. The van der Waals surface area contributed by atoms with Crippen LogP contribution in [0.5, 0.6) is 0 Å². The Kier molecular flexibility index (Phi) is 5.25. The number of carbonyl (C=O) groups is 2. The number of rotatable bonds is 6. The summed E-state index contributed by atoms with van der Waals surface area (Å²) in [5, 5.41) is 4.80. The van der Waals surface area contributed by atoms with E-state index in [0.717, 1.165) is 11.3 Å². The Morgan fingerprint density at radius 2 is 2.17 bits per heavy atom. The van der Waals surface area contributed by atoms with Crippen LogP contribution in [0.15, 0.2) is 35.2 Å². The van der Waals surface area contributed by atoms with Gasteiger partial charge in [0, 0.05) is 24.9 Å². The van der Waals surface area contributed by atoms with Crippen molar-refractivity contribution >= 4 is 23.2 Å². The summed E-state index contributed by atoms with van der Waals surface area (Å²) in [6, 6.07) is 7.80. The molecule has 0 aliphatic carbocycles. The third-order valence-electron chi connectivity index (χ3n) is 4.22. The highest BCUT2D eigenvalue weighted by atomic mass is 32.1. The second-order valence-corrected chi connectivity index (χ2v) is 6.85. The lowest BCUT2D eigenvalue weighted by molar-refractivity contribution is -0.133. The first-order chi connectivity index (χ1) is 11.6. The molecule has 0 saturated carbocycles. The topological polar surface area (TPSA) is 62.3 Å². The zero-order chi connectivity index (χ0) is 16.9. The van der Waals surface area contributed by atoms with Crippen molar-refractivity contribution in [2.45, 2.75) is 38.8 Å². The van der Waals surface area contributed by atoms with Gasteiger partial charge in [-0.15, -0.1) is 11.3 Å². The molecule has 1 saturated heterocycles. The maximum Gasteiger partial charge on any atom is 0.245 e. The molecule has 0 radical (unpaired) electrons. The van der Waals surface area contributed by atoms with Gasteiger partial charge in [-0.1, -0.05) is 29.8 Å². The van der Waals surface area contributed by atoms with E-state index in [1.165, 1.54) is 16.9 Å². The van der Waals surface area contributed by atoms with E-state index in [4.69, 9.17) is 0 Å². The molecule has 1 fully saturated rings. The number of hydrogen-bond acceptors (Lipinski definition) is 4. The van der Waals surface area contributed by atoms with Gasteiger partial charge in [0.1, 0.15) is 6.04 Å². The van der Waals surface area contributed by atoms with Crippen molar-refractivity contribution in [1.29, 1.82) is 0 Å². The van der Waals surface area contributed by atoms with Crippen molar-refractivity contribution in [3.8, 4) is 0 Å². The van der Waals surface area contributed by atoms with Crippen LogP contribution in [0.3, 0.4) is 0 Å². The Balaban J connectivity index is 1.48. The van der Waals surface area contributed by atoms with Gasteiger partial charge in [0.25, 0.3) is 0 Å². The molecular formula is C18H21N3O2S. The first kappa shape index (κ1) is 16.6. The molecule has 1 aliphatic rings. The number of carbonyl (C=O) groups excluding carboxylic acids is 2. The highest BCUT2D eigenvalue weighted by Crippen LogP contribution is 2.16. The van der Waals surface area contributed by atoms with Gasteiger partial charge in [0.05, 0.1) is 11.2 Å². The fourth-order valence-corrected chi connectivity index (χ4v) is 3.41. The molecule has 0 unspecified atom stereocenters. The number of nitrogens with one attached hydrogen (secondary N) is 1. The molecule has 1 atom stereocenters. The van der Waals surface area contributed by atoms with Crippen LogP contribution in [0.1, 0.15) is 29.7 Å². The van der Waals surface area contributed by atoms with E-state index in [-0.39, 0.29) is 11.8 Å². The Morgan fingerprint density at radius 1 is 1.38 bits per heavy atom. The lowest BCUT2D eigenvalue weighted by Crippen LogP contribution is -2.41. The first-order valence-corrected chi connectivity index (χ1v) is 9.07. The Bertz CT molecular complexity index is 698. The van der Waals surface area contributed by atoms with E-state index in [0.29, 0.717) is 32.4 Å². The van der Waals surface area contributed by atoms with Crippen molar-refractivity contribution in [3.05, 3.63) is 52.0 Å². The molecule has 0 bridgehead atoms. The van der Waals surface area contributed by atoms with Gasteiger partial charge in [-0.3, -0.25) is 9.59 Å². The van der Waals surface area contributed by atoms with Crippen LogP contribution in [-0.2, 0) is 22.6 Å². The Labute approximate surface area is 145 Å². The zero-order valence-electron chi connectivity index (χ0n) is 13.7. The second-order valence-electron chi connectivity index (χ2n) is 6.13. The monoisotopic (exact) mass is 343 g/mol. The standard InChI is InChI=1S/C18H21N3O2S/c1-13-2-4-14(5-3-13)10-21-9-8-16(18(21)23)20-17(22)7-6-15-11-24-12-19-15/h2-5,11-12,16H,6-10H2,1H3,(H,20,22)/t16-/m1/s1. The van der Waals surface area contributed by atoms with Crippen molar-refractivity contribution < 1.29 is 9.59 Å². The van der Waals surface area contributed by atoms with Crippen molar-refractivity contribution in [2.75, 3.05) is 6.54 Å². The number of likely N-dealkylation sites (tertiary alicyclic amines) is 1. The van der Waals surface area contributed by atoms with E-state index in [1.54, 1.807) is 5.51 Å². The van der Waals surface area contributed by atoms with Crippen LogP contribution in [0.25, 0.3) is 0 Å². The smallest absolute Gasteiger partial charge is 0.245 e. The molecule has 1 N–H and O–H groups in total. The number of nitrogens with zero attached hydrogens (tertiary/aromatic N) is 2. The SMILES string of the molecule is Cc1ccc(CN2CC[C@@H](NC(=O)CCc3cscn3)C2=O)cc1. The van der Waals surface area contributed by atoms with Gasteiger partial charge in [-0.25, -0.2) is 4.98 Å². The number of benzene rings is 1. The molecule has 0 spiro atoms. The predicted octanol–water partition coefficient (Wildman–Crippen LogP) is 2.30. The molecule has 3 rings (SSSR count). The summed E-state index contributed by atoms with van der Waals surface area (Å²) in [4.78, 5) is 30.5.